The van der Waals surface area contributed by atoms with Gasteiger partial charge in [0.1, 0.15) is 0 Å². The smallest absolute Gasteiger partial charge is 0.251 e. The van der Waals surface area contributed by atoms with Gasteiger partial charge in [0, 0.05) is 30.9 Å². The molecular weight excluding hydrogens is 419 g/mol. The average Bonchev–Trinajstić information content (AvgIpc) is 3.17. The van der Waals surface area contributed by atoms with Crippen LogP contribution in [0.15, 0.2) is 60.7 Å². The second-order valence-electron chi connectivity index (χ2n) is 7.29. The van der Waals surface area contributed by atoms with E-state index in [0.717, 1.165) is 29.7 Å². The van der Waals surface area contributed by atoms with Crippen molar-refractivity contribution in [2.75, 3.05) is 24.6 Å². The van der Waals surface area contributed by atoms with Crippen molar-refractivity contribution in [1.29, 1.82) is 0 Å². The van der Waals surface area contributed by atoms with Crippen molar-refractivity contribution in [3.8, 4) is 11.1 Å². The minimum atomic E-state index is -0.190. The van der Waals surface area contributed by atoms with Crippen LogP contribution in [0.3, 0.4) is 0 Å². The molecule has 0 fully saturated rings. The molecule has 0 bridgehead atoms. The Hall–Kier alpha value is -2.53. The molecule has 0 saturated heterocycles. The molecule has 0 unspecified atom stereocenters. The molecule has 4 rings (SSSR count). The summed E-state index contributed by atoms with van der Waals surface area (Å²) in [5.41, 5.74) is 6.08. The molecule has 2 N–H and O–H groups in total. The standard InChI is InChI=1S/C24H22Cl2N2O2/c25-21-6-2-5-20(23(21)26)15-28-11-9-16-7-8-18(14-22(16)28)17-3-1-4-19(13-17)24(30)27-10-12-29/h1-8,13-14,29H,9-12,15H2,(H,27,30). The molecule has 4 nitrogen and oxygen atoms in total. The van der Waals surface area contributed by atoms with Gasteiger partial charge in [-0.3, -0.25) is 4.79 Å². The number of fused-ring (bicyclic) bond motifs is 1. The summed E-state index contributed by atoms with van der Waals surface area (Å²) in [4.78, 5) is 14.5. The van der Waals surface area contributed by atoms with Crippen molar-refractivity contribution in [2.45, 2.75) is 13.0 Å². The maximum atomic E-state index is 12.2. The van der Waals surface area contributed by atoms with Gasteiger partial charge in [0.15, 0.2) is 0 Å². The number of hydrogen-bond acceptors (Lipinski definition) is 3. The number of carbonyl (C=O) groups excluding carboxylic acids is 1. The third-order valence-corrected chi connectivity index (χ3v) is 6.18. The van der Waals surface area contributed by atoms with Crippen LogP contribution in [-0.2, 0) is 13.0 Å². The van der Waals surface area contributed by atoms with Crippen LogP contribution in [0.1, 0.15) is 21.5 Å². The second-order valence-corrected chi connectivity index (χ2v) is 8.07. The minimum Gasteiger partial charge on any atom is -0.395 e. The third kappa shape index (κ3) is 4.31. The van der Waals surface area contributed by atoms with Gasteiger partial charge in [-0.05, 0) is 52.9 Å². The van der Waals surface area contributed by atoms with Crippen molar-refractivity contribution < 1.29 is 9.90 Å². The van der Waals surface area contributed by atoms with E-state index in [1.807, 2.05) is 30.3 Å². The Morgan fingerprint density at radius 3 is 2.67 bits per heavy atom. The monoisotopic (exact) mass is 440 g/mol. The summed E-state index contributed by atoms with van der Waals surface area (Å²) in [7, 11) is 0. The third-order valence-electron chi connectivity index (χ3n) is 5.33. The van der Waals surface area contributed by atoms with Crippen LogP contribution in [0, 0.1) is 0 Å². The highest BCUT2D eigenvalue weighted by Crippen LogP contribution is 2.35. The first-order chi connectivity index (χ1) is 14.6. The molecule has 30 heavy (non-hydrogen) atoms. The number of amides is 1. The molecule has 1 heterocycles. The van der Waals surface area contributed by atoms with E-state index in [0.29, 0.717) is 22.2 Å². The fourth-order valence-electron chi connectivity index (χ4n) is 3.78. The lowest BCUT2D eigenvalue weighted by atomic mass is 10.00. The van der Waals surface area contributed by atoms with Crippen molar-refractivity contribution in [2.24, 2.45) is 0 Å². The minimum absolute atomic E-state index is 0.0806. The zero-order valence-electron chi connectivity index (χ0n) is 16.4. The van der Waals surface area contributed by atoms with E-state index in [1.165, 1.54) is 11.3 Å². The van der Waals surface area contributed by atoms with Crippen LogP contribution in [0.25, 0.3) is 11.1 Å². The van der Waals surface area contributed by atoms with Crippen molar-refractivity contribution >= 4 is 34.8 Å². The van der Waals surface area contributed by atoms with E-state index in [4.69, 9.17) is 28.3 Å². The van der Waals surface area contributed by atoms with Gasteiger partial charge in [-0.2, -0.15) is 0 Å². The van der Waals surface area contributed by atoms with Gasteiger partial charge in [0.2, 0.25) is 0 Å². The number of rotatable bonds is 6. The Bertz CT molecular complexity index is 1080. The summed E-state index contributed by atoms with van der Waals surface area (Å²) in [6.45, 7) is 1.77. The molecule has 0 spiro atoms. The molecule has 0 saturated carbocycles. The van der Waals surface area contributed by atoms with Gasteiger partial charge in [-0.1, -0.05) is 59.6 Å². The maximum absolute atomic E-state index is 12.2. The first-order valence-electron chi connectivity index (χ1n) is 9.87. The van der Waals surface area contributed by atoms with E-state index in [9.17, 15) is 4.79 Å². The number of nitrogens with zero attached hydrogens (tertiary/aromatic N) is 1. The van der Waals surface area contributed by atoms with E-state index in [-0.39, 0.29) is 19.1 Å². The van der Waals surface area contributed by atoms with Crippen LogP contribution < -0.4 is 10.2 Å². The van der Waals surface area contributed by atoms with E-state index >= 15 is 0 Å². The summed E-state index contributed by atoms with van der Waals surface area (Å²) in [6.07, 6.45) is 0.984. The number of halogens is 2. The zero-order valence-corrected chi connectivity index (χ0v) is 17.9. The Kier molecular flexibility index (Phi) is 6.28. The molecule has 0 aromatic heterocycles. The molecule has 1 aliphatic rings. The predicted octanol–water partition coefficient (Wildman–Crippen LogP) is 4.95. The summed E-state index contributed by atoms with van der Waals surface area (Å²) in [5, 5.41) is 12.8. The highest BCUT2D eigenvalue weighted by molar-refractivity contribution is 6.42. The van der Waals surface area contributed by atoms with Crippen molar-refractivity contribution in [1.82, 2.24) is 5.32 Å². The van der Waals surface area contributed by atoms with Crippen LogP contribution in [0.5, 0.6) is 0 Å². The molecule has 3 aromatic carbocycles. The first kappa shape index (κ1) is 20.7. The second kappa shape index (κ2) is 9.09. The number of carbonyl (C=O) groups is 1. The summed E-state index contributed by atoms with van der Waals surface area (Å²) in [5.74, 6) is -0.190. The Morgan fingerprint density at radius 2 is 1.83 bits per heavy atom. The molecule has 0 atom stereocenters. The fraction of sp³-hybridized carbons (Fsp3) is 0.208. The van der Waals surface area contributed by atoms with Gasteiger partial charge >= 0.3 is 0 Å². The molecule has 154 valence electrons. The average molecular weight is 441 g/mol. The topological polar surface area (TPSA) is 52.6 Å². The highest BCUT2D eigenvalue weighted by Gasteiger charge is 2.21. The SMILES string of the molecule is O=C(NCCO)c1cccc(-c2ccc3c(c2)N(Cc2cccc(Cl)c2Cl)CC3)c1. The normalized spacial score (nSPS) is 12.7. The first-order valence-corrected chi connectivity index (χ1v) is 10.6. The van der Waals surface area contributed by atoms with Gasteiger partial charge in [0.05, 0.1) is 16.7 Å². The van der Waals surface area contributed by atoms with Crippen LogP contribution in [0.2, 0.25) is 10.0 Å². The molecule has 3 aromatic rings. The Labute approximate surface area is 186 Å². The fourth-order valence-corrected chi connectivity index (χ4v) is 4.16. The van der Waals surface area contributed by atoms with Crippen LogP contribution in [-0.4, -0.2) is 30.7 Å². The lowest BCUT2D eigenvalue weighted by Crippen LogP contribution is -2.26. The van der Waals surface area contributed by atoms with Crippen LogP contribution >= 0.6 is 23.2 Å². The van der Waals surface area contributed by atoms with Crippen molar-refractivity contribution in [3.05, 3.63) is 87.4 Å². The number of aliphatic hydroxyl groups excluding tert-OH is 1. The summed E-state index contributed by atoms with van der Waals surface area (Å²) >= 11 is 12.6. The van der Waals surface area contributed by atoms with Gasteiger partial charge in [-0.15, -0.1) is 0 Å². The molecular formula is C24H22Cl2N2O2. The molecule has 0 aliphatic carbocycles. The molecule has 1 amide bonds. The largest absolute Gasteiger partial charge is 0.395 e. The molecule has 1 aliphatic heterocycles. The molecule has 0 radical (unpaired) electrons. The van der Waals surface area contributed by atoms with Gasteiger partial charge in [-0.25, -0.2) is 0 Å². The molecule has 6 heteroatoms. The van der Waals surface area contributed by atoms with Crippen LogP contribution in [0.4, 0.5) is 5.69 Å². The number of nitrogens with one attached hydrogen (secondary N) is 1. The quantitative estimate of drug-likeness (QED) is 0.570. The van der Waals surface area contributed by atoms with E-state index < -0.39 is 0 Å². The van der Waals surface area contributed by atoms with E-state index in [1.54, 1.807) is 12.1 Å². The summed E-state index contributed by atoms with van der Waals surface area (Å²) in [6, 6.07) is 19.7. The van der Waals surface area contributed by atoms with Gasteiger partial charge in [0.25, 0.3) is 5.91 Å². The zero-order chi connectivity index (χ0) is 21.1. The lowest BCUT2D eigenvalue weighted by Gasteiger charge is -2.21. The van der Waals surface area contributed by atoms with Gasteiger partial charge < -0.3 is 15.3 Å². The van der Waals surface area contributed by atoms with E-state index in [2.05, 4.69) is 28.4 Å². The Balaban J connectivity index is 1.61. The number of aliphatic hydroxyl groups is 1. The summed E-state index contributed by atoms with van der Waals surface area (Å²) < 4.78 is 0. The number of anilines is 1. The predicted molar refractivity (Wildman–Crippen MR) is 123 cm³/mol. The van der Waals surface area contributed by atoms with Crippen molar-refractivity contribution in [3.63, 3.8) is 0 Å². The maximum Gasteiger partial charge on any atom is 0.251 e. The number of benzene rings is 3. The highest BCUT2D eigenvalue weighted by atomic mass is 35.5. The Morgan fingerprint density at radius 1 is 1.03 bits per heavy atom. The number of hydrogen-bond donors (Lipinski definition) is 2. The lowest BCUT2D eigenvalue weighted by molar-refractivity contribution is 0.0945.